The molecule has 1 aromatic carbocycles. The Balaban J connectivity index is 1.88. The predicted octanol–water partition coefficient (Wildman–Crippen LogP) is 3.70. The number of nitrogens with zero attached hydrogens (tertiary/aromatic N) is 2. The van der Waals surface area contributed by atoms with Crippen LogP contribution in [0.5, 0.6) is 0 Å². The van der Waals surface area contributed by atoms with Crippen molar-refractivity contribution in [1.82, 2.24) is 15.5 Å². The van der Waals surface area contributed by atoms with Crippen LogP contribution in [-0.2, 0) is 0 Å². The van der Waals surface area contributed by atoms with Crippen LogP contribution in [0.3, 0.4) is 0 Å². The molecule has 2 heterocycles. The highest BCUT2D eigenvalue weighted by Gasteiger charge is 2.25. The molecule has 1 aliphatic heterocycles. The Labute approximate surface area is 124 Å². The van der Waals surface area contributed by atoms with Crippen molar-refractivity contribution in [2.24, 2.45) is 5.92 Å². The van der Waals surface area contributed by atoms with Gasteiger partial charge >= 0.3 is 0 Å². The third-order valence-corrected chi connectivity index (χ3v) is 4.27. The largest absolute Gasteiger partial charge is 0.337 e. The molecule has 20 heavy (non-hydrogen) atoms. The van der Waals surface area contributed by atoms with Crippen molar-refractivity contribution in [3.63, 3.8) is 0 Å². The van der Waals surface area contributed by atoms with E-state index in [0.717, 1.165) is 23.9 Å². The first kappa shape index (κ1) is 13.7. The molecule has 2 atom stereocenters. The number of piperidine rings is 1. The second kappa shape index (κ2) is 5.61. The summed E-state index contributed by atoms with van der Waals surface area (Å²) in [6, 6.07) is 4.52. The summed E-state index contributed by atoms with van der Waals surface area (Å²) in [5.74, 6) is 1.30. The summed E-state index contributed by atoms with van der Waals surface area (Å²) in [5.41, 5.74) is 0.601. The first-order valence-electron chi connectivity index (χ1n) is 6.66. The number of aromatic nitrogens is 2. The van der Waals surface area contributed by atoms with E-state index < -0.39 is 0 Å². The van der Waals surface area contributed by atoms with Gasteiger partial charge in [-0.05, 0) is 43.5 Å². The fourth-order valence-corrected chi connectivity index (χ4v) is 2.87. The molecular formula is C14H15BrFN3O. The number of benzene rings is 1. The second-order valence-corrected chi connectivity index (χ2v) is 6.07. The average molecular weight is 340 g/mol. The molecule has 6 heteroatoms. The standard InChI is InChI=1S/C14H15BrFN3O/c1-8-4-5-17-12(6-8)14-18-13(19-20-14)10-7-9(16)2-3-11(10)15/h2-3,7-8,12,17H,4-6H2,1H3. The van der Waals surface area contributed by atoms with E-state index in [1.807, 2.05) is 0 Å². The Morgan fingerprint density at radius 3 is 3.10 bits per heavy atom. The zero-order valence-corrected chi connectivity index (χ0v) is 12.7. The van der Waals surface area contributed by atoms with Gasteiger partial charge in [-0.25, -0.2) is 4.39 Å². The number of hydrogen-bond donors (Lipinski definition) is 1. The minimum absolute atomic E-state index is 0.0901. The van der Waals surface area contributed by atoms with E-state index in [1.54, 1.807) is 6.07 Å². The van der Waals surface area contributed by atoms with E-state index in [9.17, 15) is 4.39 Å². The summed E-state index contributed by atoms with van der Waals surface area (Å²) in [4.78, 5) is 4.40. The van der Waals surface area contributed by atoms with Crippen molar-refractivity contribution >= 4 is 15.9 Å². The van der Waals surface area contributed by atoms with Gasteiger partial charge < -0.3 is 9.84 Å². The number of halogens is 2. The Bertz CT molecular complexity index is 616. The second-order valence-electron chi connectivity index (χ2n) is 5.22. The number of hydrogen-bond acceptors (Lipinski definition) is 4. The van der Waals surface area contributed by atoms with Crippen LogP contribution < -0.4 is 5.32 Å². The fraction of sp³-hybridized carbons (Fsp3) is 0.429. The lowest BCUT2D eigenvalue weighted by Gasteiger charge is -2.25. The molecule has 1 aliphatic rings. The maximum atomic E-state index is 13.3. The molecule has 0 saturated carbocycles. The van der Waals surface area contributed by atoms with Crippen molar-refractivity contribution in [3.05, 3.63) is 34.4 Å². The van der Waals surface area contributed by atoms with Crippen LogP contribution in [0.25, 0.3) is 11.4 Å². The van der Waals surface area contributed by atoms with Gasteiger partial charge in [-0.1, -0.05) is 28.0 Å². The Morgan fingerprint density at radius 2 is 2.30 bits per heavy atom. The van der Waals surface area contributed by atoms with Crippen LogP contribution in [0, 0.1) is 11.7 Å². The molecule has 1 saturated heterocycles. The van der Waals surface area contributed by atoms with Gasteiger partial charge in [0.05, 0.1) is 6.04 Å². The van der Waals surface area contributed by atoms with E-state index in [0.29, 0.717) is 23.2 Å². The summed E-state index contributed by atoms with van der Waals surface area (Å²) in [6.45, 7) is 3.17. The van der Waals surface area contributed by atoms with Gasteiger partial charge in [-0.3, -0.25) is 0 Å². The first-order valence-corrected chi connectivity index (χ1v) is 7.45. The Kier molecular flexibility index (Phi) is 3.85. The first-order chi connectivity index (χ1) is 9.63. The molecule has 0 spiro atoms. The van der Waals surface area contributed by atoms with E-state index in [1.165, 1.54) is 12.1 Å². The highest BCUT2D eigenvalue weighted by atomic mass is 79.9. The van der Waals surface area contributed by atoms with Crippen LogP contribution in [0.2, 0.25) is 0 Å². The fourth-order valence-electron chi connectivity index (χ4n) is 2.45. The van der Waals surface area contributed by atoms with Gasteiger partial charge in [-0.15, -0.1) is 0 Å². The topological polar surface area (TPSA) is 51.0 Å². The van der Waals surface area contributed by atoms with Crippen LogP contribution in [0.15, 0.2) is 27.2 Å². The predicted molar refractivity (Wildman–Crippen MR) is 76.5 cm³/mol. The molecular weight excluding hydrogens is 325 g/mol. The zero-order valence-electron chi connectivity index (χ0n) is 11.1. The van der Waals surface area contributed by atoms with Crippen LogP contribution >= 0.6 is 15.9 Å². The monoisotopic (exact) mass is 339 g/mol. The van der Waals surface area contributed by atoms with Gasteiger partial charge in [0, 0.05) is 10.0 Å². The maximum Gasteiger partial charge on any atom is 0.244 e. The Hall–Kier alpha value is -1.27. The lowest BCUT2D eigenvalue weighted by Crippen LogP contribution is -2.30. The third kappa shape index (κ3) is 2.76. The normalized spacial score (nSPS) is 22.9. The highest BCUT2D eigenvalue weighted by Crippen LogP contribution is 2.30. The summed E-state index contributed by atoms with van der Waals surface area (Å²) in [6.07, 6.45) is 2.14. The lowest BCUT2D eigenvalue weighted by molar-refractivity contribution is 0.260. The SMILES string of the molecule is CC1CCNC(c2nc(-c3cc(F)ccc3Br)no2)C1. The zero-order chi connectivity index (χ0) is 14.1. The van der Waals surface area contributed by atoms with Crippen LogP contribution in [0.1, 0.15) is 31.7 Å². The quantitative estimate of drug-likeness (QED) is 0.906. The molecule has 1 aromatic heterocycles. The number of nitrogens with one attached hydrogen (secondary N) is 1. The van der Waals surface area contributed by atoms with Crippen molar-refractivity contribution < 1.29 is 8.91 Å². The molecule has 4 nitrogen and oxygen atoms in total. The average Bonchev–Trinajstić information content (AvgIpc) is 2.91. The van der Waals surface area contributed by atoms with Crippen LogP contribution in [0.4, 0.5) is 4.39 Å². The van der Waals surface area contributed by atoms with Gasteiger partial charge in [0.2, 0.25) is 11.7 Å². The van der Waals surface area contributed by atoms with Crippen LogP contribution in [-0.4, -0.2) is 16.7 Å². The smallest absolute Gasteiger partial charge is 0.244 e. The third-order valence-electron chi connectivity index (χ3n) is 3.58. The van der Waals surface area contributed by atoms with Crippen molar-refractivity contribution in [2.75, 3.05) is 6.54 Å². The Morgan fingerprint density at radius 1 is 1.45 bits per heavy atom. The molecule has 0 aliphatic carbocycles. The number of rotatable bonds is 2. The van der Waals surface area contributed by atoms with Gasteiger partial charge in [-0.2, -0.15) is 4.98 Å². The van der Waals surface area contributed by atoms with Crippen molar-refractivity contribution in [3.8, 4) is 11.4 Å². The minimum Gasteiger partial charge on any atom is -0.337 e. The van der Waals surface area contributed by atoms with E-state index in [4.69, 9.17) is 4.52 Å². The van der Waals surface area contributed by atoms with Crippen molar-refractivity contribution in [2.45, 2.75) is 25.8 Å². The molecule has 1 N–H and O–H groups in total. The van der Waals surface area contributed by atoms with Gasteiger partial charge in [0.25, 0.3) is 0 Å². The lowest BCUT2D eigenvalue weighted by atomic mass is 9.94. The molecule has 2 unspecified atom stereocenters. The summed E-state index contributed by atoms with van der Waals surface area (Å²) >= 11 is 3.38. The molecule has 2 aromatic rings. The van der Waals surface area contributed by atoms with E-state index >= 15 is 0 Å². The summed E-state index contributed by atoms with van der Waals surface area (Å²) in [5, 5.41) is 7.34. The minimum atomic E-state index is -0.320. The molecule has 0 radical (unpaired) electrons. The van der Waals surface area contributed by atoms with Gasteiger partial charge in [0.1, 0.15) is 5.82 Å². The molecule has 0 amide bonds. The van der Waals surface area contributed by atoms with Gasteiger partial charge in [0.15, 0.2) is 0 Å². The molecule has 0 bridgehead atoms. The maximum absolute atomic E-state index is 13.3. The molecule has 3 rings (SSSR count). The highest BCUT2D eigenvalue weighted by molar-refractivity contribution is 9.10. The molecule has 106 valence electrons. The summed E-state index contributed by atoms with van der Waals surface area (Å²) in [7, 11) is 0. The van der Waals surface area contributed by atoms with E-state index in [2.05, 4.69) is 38.3 Å². The van der Waals surface area contributed by atoms with Crippen molar-refractivity contribution in [1.29, 1.82) is 0 Å². The summed E-state index contributed by atoms with van der Waals surface area (Å²) < 4.78 is 19.4. The van der Waals surface area contributed by atoms with E-state index in [-0.39, 0.29) is 11.9 Å². The molecule has 1 fully saturated rings.